The molecule has 2 aromatic rings. The zero-order valence-corrected chi connectivity index (χ0v) is 13.7. The average molecular weight is 332 g/mol. The number of aromatic nitrogens is 2. The third-order valence-corrected chi connectivity index (χ3v) is 5.70. The monoisotopic (exact) mass is 331 g/mol. The third kappa shape index (κ3) is 2.91. The van der Waals surface area contributed by atoms with Crippen LogP contribution in [-0.2, 0) is 14.8 Å². The number of methoxy groups -OCH3 is 1. The lowest BCUT2D eigenvalue weighted by atomic mass is 10.4. The number of likely N-dealkylation sites (N-methyl/N-ethyl adjacent to an activating group) is 1. The van der Waals surface area contributed by atoms with Gasteiger partial charge < -0.3 is 4.74 Å². The fourth-order valence-corrected chi connectivity index (χ4v) is 4.56. The molecule has 2 heterocycles. The van der Waals surface area contributed by atoms with Crippen molar-refractivity contribution < 1.29 is 13.2 Å². The van der Waals surface area contributed by atoms with E-state index in [2.05, 4.69) is 4.98 Å². The van der Waals surface area contributed by atoms with Gasteiger partial charge in [-0.3, -0.25) is 4.40 Å². The number of rotatable bonds is 6. The minimum atomic E-state index is -3.76. The molecule has 0 spiro atoms. The summed E-state index contributed by atoms with van der Waals surface area (Å²) in [4.78, 5) is 4.09. The summed E-state index contributed by atoms with van der Waals surface area (Å²) in [5.74, 6) is 0. The molecule has 0 aliphatic rings. The third-order valence-electron chi connectivity index (χ3n) is 3.21. The topological polar surface area (TPSA) is 63.9 Å². The van der Waals surface area contributed by atoms with Crippen LogP contribution < -0.4 is 0 Å². The van der Waals surface area contributed by atoms with Crippen molar-refractivity contribution in [2.75, 3.05) is 20.3 Å². The number of pyridine rings is 1. The van der Waals surface area contributed by atoms with Crippen LogP contribution in [0.2, 0.25) is 5.15 Å². The van der Waals surface area contributed by atoms with Crippen LogP contribution >= 0.6 is 11.6 Å². The average Bonchev–Trinajstić information content (AvgIpc) is 2.75. The van der Waals surface area contributed by atoms with Crippen molar-refractivity contribution in [2.24, 2.45) is 0 Å². The Bertz CT molecular complexity index is 729. The summed E-state index contributed by atoms with van der Waals surface area (Å²) >= 11 is 6.07. The van der Waals surface area contributed by atoms with Crippen LogP contribution in [0.3, 0.4) is 0 Å². The zero-order chi connectivity index (χ0) is 15.6. The number of hydrogen-bond acceptors (Lipinski definition) is 4. The number of imidazole rings is 1. The SMILES string of the molecule is CCN(C(C)COC)S(=O)(=O)c1c(Cl)nc2ccccn12. The molecule has 2 aromatic heterocycles. The second kappa shape index (κ2) is 6.31. The van der Waals surface area contributed by atoms with Gasteiger partial charge in [-0.25, -0.2) is 13.4 Å². The first-order chi connectivity index (χ1) is 9.93. The van der Waals surface area contributed by atoms with E-state index in [-0.39, 0.29) is 16.2 Å². The Labute approximate surface area is 129 Å². The van der Waals surface area contributed by atoms with E-state index in [1.54, 1.807) is 38.2 Å². The van der Waals surface area contributed by atoms with Gasteiger partial charge in [0.2, 0.25) is 0 Å². The number of fused-ring (bicyclic) bond motifs is 1. The Hall–Kier alpha value is -1.15. The Morgan fingerprint density at radius 3 is 2.81 bits per heavy atom. The summed E-state index contributed by atoms with van der Waals surface area (Å²) in [6.45, 7) is 4.20. The lowest BCUT2D eigenvalue weighted by Crippen LogP contribution is -2.41. The summed E-state index contributed by atoms with van der Waals surface area (Å²) in [6.07, 6.45) is 1.63. The van der Waals surface area contributed by atoms with Gasteiger partial charge in [-0.2, -0.15) is 4.31 Å². The molecule has 6 nitrogen and oxygen atoms in total. The normalized spacial score (nSPS) is 14.0. The number of sulfonamides is 1. The fourth-order valence-electron chi connectivity index (χ4n) is 2.33. The molecule has 1 atom stereocenters. The highest BCUT2D eigenvalue weighted by atomic mass is 35.5. The minimum Gasteiger partial charge on any atom is -0.383 e. The molecule has 0 aromatic carbocycles. The Morgan fingerprint density at radius 2 is 2.19 bits per heavy atom. The Kier molecular flexibility index (Phi) is 4.88. The summed E-state index contributed by atoms with van der Waals surface area (Å²) < 4.78 is 33.7. The van der Waals surface area contributed by atoms with Crippen LogP contribution in [0.1, 0.15) is 13.8 Å². The number of halogens is 1. The molecular formula is C13H18ClN3O3S. The van der Waals surface area contributed by atoms with Gasteiger partial charge in [0.1, 0.15) is 5.65 Å². The first-order valence-corrected chi connectivity index (χ1v) is 8.38. The molecule has 0 radical (unpaired) electrons. The van der Waals surface area contributed by atoms with Crippen LogP contribution in [0, 0.1) is 0 Å². The van der Waals surface area contributed by atoms with E-state index in [4.69, 9.17) is 16.3 Å². The van der Waals surface area contributed by atoms with Crippen LogP contribution in [-0.4, -0.2) is 48.4 Å². The van der Waals surface area contributed by atoms with E-state index in [1.807, 2.05) is 0 Å². The van der Waals surface area contributed by atoms with Gasteiger partial charge in [-0.1, -0.05) is 24.6 Å². The second-order valence-corrected chi connectivity index (χ2v) is 6.81. The van der Waals surface area contributed by atoms with Crippen molar-refractivity contribution in [3.8, 4) is 0 Å². The summed E-state index contributed by atoms with van der Waals surface area (Å²) in [7, 11) is -2.22. The van der Waals surface area contributed by atoms with Crippen molar-refractivity contribution in [3.63, 3.8) is 0 Å². The van der Waals surface area contributed by atoms with Gasteiger partial charge in [0.05, 0.1) is 6.61 Å². The molecule has 116 valence electrons. The molecule has 21 heavy (non-hydrogen) atoms. The maximum absolute atomic E-state index is 12.9. The molecule has 0 bridgehead atoms. The van der Waals surface area contributed by atoms with E-state index >= 15 is 0 Å². The quantitative estimate of drug-likeness (QED) is 0.812. The predicted molar refractivity (Wildman–Crippen MR) is 81.1 cm³/mol. The predicted octanol–water partition coefficient (Wildman–Crippen LogP) is 2.03. The smallest absolute Gasteiger partial charge is 0.262 e. The molecule has 1 unspecified atom stereocenters. The van der Waals surface area contributed by atoms with Gasteiger partial charge in [-0.15, -0.1) is 0 Å². The summed E-state index contributed by atoms with van der Waals surface area (Å²) in [5.41, 5.74) is 0.497. The van der Waals surface area contributed by atoms with Crippen molar-refractivity contribution in [1.29, 1.82) is 0 Å². The second-order valence-electron chi connectivity index (χ2n) is 4.65. The van der Waals surface area contributed by atoms with Crippen molar-refractivity contribution >= 4 is 27.3 Å². The molecule has 0 saturated carbocycles. The lowest BCUT2D eigenvalue weighted by molar-refractivity contribution is 0.142. The number of ether oxygens (including phenoxy) is 1. The Balaban J connectivity index is 2.58. The van der Waals surface area contributed by atoms with Gasteiger partial charge in [0, 0.05) is 25.9 Å². The van der Waals surface area contributed by atoms with E-state index < -0.39 is 10.0 Å². The molecule has 8 heteroatoms. The van der Waals surface area contributed by atoms with E-state index in [1.165, 1.54) is 15.8 Å². The fraction of sp³-hybridized carbons (Fsp3) is 0.462. The maximum atomic E-state index is 12.9. The van der Waals surface area contributed by atoms with E-state index in [0.717, 1.165) is 0 Å². The zero-order valence-electron chi connectivity index (χ0n) is 12.2. The molecule has 0 aliphatic heterocycles. The molecule has 0 N–H and O–H groups in total. The highest BCUT2D eigenvalue weighted by molar-refractivity contribution is 7.89. The van der Waals surface area contributed by atoms with Crippen molar-refractivity contribution in [2.45, 2.75) is 24.9 Å². The van der Waals surface area contributed by atoms with E-state index in [9.17, 15) is 8.42 Å². The standard InChI is InChI=1S/C13H18ClN3O3S/c1-4-17(10(2)9-20-3)21(18,19)13-12(14)15-11-7-5-6-8-16(11)13/h5-8,10H,4,9H2,1-3H3. The van der Waals surface area contributed by atoms with Crippen LogP contribution in [0.4, 0.5) is 0 Å². The van der Waals surface area contributed by atoms with Crippen molar-refractivity contribution in [1.82, 2.24) is 13.7 Å². The molecule has 0 saturated heterocycles. The molecular weight excluding hydrogens is 314 g/mol. The molecule has 2 rings (SSSR count). The first-order valence-electron chi connectivity index (χ1n) is 6.56. The molecule has 0 amide bonds. The summed E-state index contributed by atoms with van der Waals surface area (Å²) in [6, 6.07) is 4.93. The van der Waals surface area contributed by atoms with Gasteiger partial charge in [0.15, 0.2) is 10.2 Å². The van der Waals surface area contributed by atoms with E-state index in [0.29, 0.717) is 18.8 Å². The summed E-state index contributed by atoms with van der Waals surface area (Å²) in [5, 5.41) is -0.0335. The van der Waals surface area contributed by atoms with Gasteiger partial charge in [0.25, 0.3) is 10.0 Å². The first kappa shape index (κ1) is 16.2. The van der Waals surface area contributed by atoms with Gasteiger partial charge in [-0.05, 0) is 19.1 Å². The van der Waals surface area contributed by atoms with Crippen LogP contribution in [0.5, 0.6) is 0 Å². The largest absolute Gasteiger partial charge is 0.383 e. The highest BCUT2D eigenvalue weighted by Gasteiger charge is 2.33. The lowest BCUT2D eigenvalue weighted by Gasteiger charge is -2.26. The number of nitrogens with zero attached hydrogens (tertiary/aromatic N) is 3. The highest BCUT2D eigenvalue weighted by Crippen LogP contribution is 2.26. The van der Waals surface area contributed by atoms with Gasteiger partial charge >= 0.3 is 0 Å². The van der Waals surface area contributed by atoms with Crippen LogP contribution in [0.25, 0.3) is 5.65 Å². The Morgan fingerprint density at radius 1 is 1.48 bits per heavy atom. The number of hydrogen-bond donors (Lipinski definition) is 0. The molecule has 0 fully saturated rings. The van der Waals surface area contributed by atoms with Crippen LogP contribution in [0.15, 0.2) is 29.4 Å². The minimum absolute atomic E-state index is 0.00966. The molecule has 0 aliphatic carbocycles. The van der Waals surface area contributed by atoms with Crippen molar-refractivity contribution in [3.05, 3.63) is 29.5 Å². The maximum Gasteiger partial charge on any atom is 0.262 e.